The summed E-state index contributed by atoms with van der Waals surface area (Å²) < 4.78 is 16.6. The Balaban J connectivity index is 1.69. The van der Waals surface area contributed by atoms with Crippen molar-refractivity contribution in [3.05, 3.63) is 65.4 Å². The highest BCUT2D eigenvalue weighted by atomic mass is 16.6. The van der Waals surface area contributed by atoms with Gasteiger partial charge >= 0.3 is 5.97 Å². The van der Waals surface area contributed by atoms with E-state index in [0.29, 0.717) is 23.5 Å². The normalized spacial score (nSPS) is 10.4. The summed E-state index contributed by atoms with van der Waals surface area (Å²) in [5.74, 6) is 3.10. The summed E-state index contributed by atoms with van der Waals surface area (Å²) in [6, 6.07) is 14.4. The predicted molar refractivity (Wildman–Crippen MR) is 135 cm³/mol. The molecule has 34 heavy (non-hydrogen) atoms. The lowest BCUT2D eigenvalue weighted by Gasteiger charge is -2.11. The zero-order valence-corrected chi connectivity index (χ0v) is 20.6. The maximum Gasteiger partial charge on any atom is 0.338 e. The molecule has 5 heteroatoms. The fourth-order valence-electron chi connectivity index (χ4n) is 3.64. The summed E-state index contributed by atoms with van der Waals surface area (Å²) in [4.78, 5) is 23.7. The molecule has 0 bridgehead atoms. The zero-order chi connectivity index (χ0) is 24.4. The molecule has 0 saturated heterocycles. The van der Waals surface area contributed by atoms with E-state index in [1.165, 1.54) is 44.9 Å². The van der Waals surface area contributed by atoms with Crippen LogP contribution < -0.4 is 9.47 Å². The van der Waals surface area contributed by atoms with Crippen molar-refractivity contribution in [3.63, 3.8) is 0 Å². The first kappa shape index (κ1) is 27.2. The summed E-state index contributed by atoms with van der Waals surface area (Å²) in [7, 11) is 0. The van der Waals surface area contributed by atoms with E-state index in [4.69, 9.17) is 14.2 Å². The van der Waals surface area contributed by atoms with Gasteiger partial charge in [0.05, 0.1) is 5.56 Å². The Hall–Kier alpha value is -3.04. The van der Waals surface area contributed by atoms with Crippen LogP contribution in [0, 0.1) is 6.92 Å². The van der Waals surface area contributed by atoms with Crippen molar-refractivity contribution >= 4 is 11.9 Å². The zero-order valence-electron chi connectivity index (χ0n) is 20.6. The van der Waals surface area contributed by atoms with Gasteiger partial charge in [-0.2, -0.15) is 0 Å². The predicted octanol–water partition coefficient (Wildman–Crippen LogP) is 7.25. The number of hydrogen-bond acceptors (Lipinski definition) is 5. The van der Waals surface area contributed by atoms with Crippen LogP contribution in [0.3, 0.4) is 0 Å². The van der Waals surface area contributed by atoms with E-state index >= 15 is 0 Å². The minimum Gasteiger partial charge on any atom is -0.490 e. The van der Waals surface area contributed by atoms with E-state index in [9.17, 15) is 9.59 Å². The van der Waals surface area contributed by atoms with Crippen molar-refractivity contribution < 1.29 is 23.8 Å². The molecule has 184 valence electrons. The lowest BCUT2D eigenvalue weighted by atomic mass is 10.1. The SMILES string of the molecule is CCCCCCCCCCCC(=C=O)Oc1ccc(C(=O)OCCOc2ccccc2)cc1C. The number of rotatable bonds is 17. The second kappa shape index (κ2) is 16.6. The largest absolute Gasteiger partial charge is 0.490 e. The Kier molecular flexibility index (Phi) is 13.2. The molecule has 0 unspecified atom stereocenters. The minimum absolute atomic E-state index is 0.155. The molecule has 0 N–H and O–H groups in total. The van der Waals surface area contributed by atoms with Crippen molar-refractivity contribution in [3.8, 4) is 11.5 Å². The third kappa shape index (κ3) is 10.7. The quantitative estimate of drug-likeness (QED) is 0.106. The molecule has 0 aliphatic rings. The van der Waals surface area contributed by atoms with Gasteiger partial charge in [-0.3, -0.25) is 0 Å². The van der Waals surface area contributed by atoms with E-state index in [0.717, 1.165) is 24.2 Å². The molecule has 0 spiro atoms. The van der Waals surface area contributed by atoms with Crippen LogP contribution in [0.5, 0.6) is 11.5 Å². The summed E-state index contributed by atoms with van der Waals surface area (Å²) in [6.07, 6.45) is 11.6. The van der Waals surface area contributed by atoms with Gasteiger partial charge in [0.2, 0.25) is 0 Å². The molecule has 0 heterocycles. The number of hydrogen-bond donors (Lipinski definition) is 0. The van der Waals surface area contributed by atoms with Crippen LogP contribution in [-0.2, 0) is 9.53 Å². The lowest BCUT2D eigenvalue weighted by molar-refractivity contribution is 0.0450. The van der Waals surface area contributed by atoms with Gasteiger partial charge in [0.1, 0.15) is 24.7 Å². The second-order valence-corrected chi connectivity index (χ2v) is 8.48. The highest BCUT2D eigenvalue weighted by Crippen LogP contribution is 2.23. The van der Waals surface area contributed by atoms with Crippen LogP contribution in [0.1, 0.15) is 87.1 Å². The molecule has 0 aromatic heterocycles. The molecule has 0 fully saturated rings. The number of carbonyl (C=O) groups excluding carboxylic acids is 2. The number of aryl methyl sites for hydroxylation is 1. The average Bonchev–Trinajstić information content (AvgIpc) is 2.86. The molecule has 0 saturated carbocycles. The van der Waals surface area contributed by atoms with Gasteiger partial charge in [-0.25, -0.2) is 9.59 Å². The first-order chi connectivity index (χ1) is 16.6. The van der Waals surface area contributed by atoms with Crippen molar-refractivity contribution in [2.75, 3.05) is 13.2 Å². The summed E-state index contributed by atoms with van der Waals surface area (Å²) in [6.45, 7) is 4.50. The maximum absolute atomic E-state index is 12.3. The summed E-state index contributed by atoms with van der Waals surface area (Å²) in [5, 5.41) is 0. The van der Waals surface area contributed by atoms with E-state index in [1.807, 2.05) is 43.2 Å². The molecule has 0 radical (unpaired) electrons. The molecule has 5 nitrogen and oxygen atoms in total. The molecule has 2 rings (SSSR count). The molecular formula is C29H38O5. The molecule has 0 amide bonds. The van der Waals surface area contributed by atoms with Crippen LogP contribution in [0.15, 0.2) is 54.3 Å². The summed E-state index contributed by atoms with van der Waals surface area (Å²) in [5.41, 5.74) is 1.19. The van der Waals surface area contributed by atoms with Crippen LogP contribution >= 0.6 is 0 Å². The number of unbranched alkanes of at least 4 members (excludes halogenated alkanes) is 8. The van der Waals surface area contributed by atoms with Gasteiger partial charge in [0, 0.05) is 6.42 Å². The number of ether oxygens (including phenoxy) is 3. The molecule has 0 atom stereocenters. The Morgan fingerprint density at radius 2 is 1.53 bits per heavy atom. The van der Waals surface area contributed by atoms with E-state index in [1.54, 1.807) is 18.2 Å². The maximum atomic E-state index is 12.3. The Morgan fingerprint density at radius 1 is 0.853 bits per heavy atom. The molecule has 0 aliphatic carbocycles. The Morgan fingerprint density at radius 3 is 2.18 bits per heavy atom. The van der Waals surface area contributed by atoms with Crippen LogP contribution in [-0.4, -0.2) is 25.1 Å². The van der Waals surface area contributed by atoms with Gasteiger partial charge in [0.15, 0.2) is 11.7 Å². The van der Waals surface area contributed by atoms with Gasteiger partial charge in [-0.05, 0) is 49.2 Å². The lowest BCUT2D eigenvalue weighted by Crippen LogP contribution is -2.12. The van der Waals surface area contributed by atoms with Gasteiger partial charge < -0.3 is 14.2 Å². The monoisotopic (exact) mass is 466 g/mol. The van der Waals surface area contributed by atoms with Crippen molar-refractivity contribution in [2.24, 2.45) is 0 Å². The number of para-hydroxylation sites is 1. The first-order valence-corrected chi connectivity index (χ1v) is 12.5. The van der Waals surface area contributed by atoms with Crippen LogP contribution in [0.2, 0.25) is 0 Å². The highest BCUT2D eigenvalue weighted by molar-refractivity contribution is 5.89. The van der Waals surface area contributed by atoms with Gasteiger partial charge in [0.25, 0.3) is 0 Å². The third-order valence-electron chi connectivity index (χ3n) is 5.59. The van der Waals surface area contributed by atoms with Gasteiger partial charge in [-0.15, -0.1) is 0 Å². The molecule has 2 aromatic carbocycles. The second-order valence-electron chi connectivity index (χ2n) is 8.48. The van der Waals surface area contributed by atoms with Gasteiger partial charge in [-0.1, -0.05) is 76.5 Å². The number of esters is 1. The number of carbonyl (C=O) groups is 1. The van der Waals surface area contributed by atoms with E-state index in [2.05, 4.69) is 6.92 Å². The minimum atomic E-state index is -0.424. The number of allylic oxidation sites excluding steroid dienone is 1. The van der Waals surface area contributed by atoms with Crippen LogP contribution in [0.4, 0.5) is 0 Å². The number of benzene rings is 2. The smallest absolute Gasteiger partial charge is 0.338 e. The average molecular weight is 467 g/mol. The summed E-state index contributed by atoms with van der Waals surface area (Å²) >= 11 is 0. The third-order valence-corrected chi connectivity index (χ3v) is 5.59. The Labute approximate surface area is 204 Å². The molecule has 2 aromatic rings. The molecule has 0 aliphatic heterocycles. The van der Waals surface area contributed by atoms with Crippen molar-refractivity contribution in [2.45, 2.75) is 78.1 Å². The van der Waals surface area contributed by atoms with E-state index < -0.39 is 5.97 Å². The topological polar surface area (TPSA) is 61.8 Å². The fraction of sp³-hybridized carbons (Fsp3) is 0.483. The van der Waals surface area contributed by atoms with Crippen molar-refractivity contribution in [1.29, 1.82) is 0 Å². The Bertz CT molecular complexity index is 900. The first-order valence-electron chi connectivity index (χ1n) is 12.5. The van der Waals surface area contributed by atoms with Crippen molar-refractivity contribution in [1.82, 2.24) is 0 Å². The molecular weight excluding hydrogens is 428 g/mol. The fourth-order valence-corrected chi connectivity index (χ4v) is 3.64. The van der Waals surface area contributed by atoms with Crippen LogP contribution in [0.25, 0.3) is 0 Å². The van der Waals surface area contributed by atoms with E-state index in [-0.39, 0.29) is 13.2 Å². The highest BCUT2D eigenvalue weighted by Gasteiger charge is 2.12. The standard InChI is InChI=1S/C29H38O5/c1-3-4-5-6-7-8-9-10-12-17-27(23-30)34-28-19-18-25(22-24(28)2)29(31)33-21-20-32-26-15-13-11-14-16-26/h11,13-16,18-19,22H,3-10,12,17,20-21H2,1-2H3.